The molecule has 0 heterocycles. The van der Waals surface area contributed by atoms with Gasteiger partial charge in [0, 0.05) is 0 Å². The summed E-state index contributed by atoms with van der Waals surface area (Å²) in [5.74, 6) is 0.636. The molecular formula is C22H40. The van der Waals surface area contributed by atoms with E-state index in [4.69, 9.17) is 0 Å². The van der Waals surface area contributed by atoms with Crippen molar-refractivity contribution in [1.29, 1.82) is 0 Å². The second-order valence-electron chi connectivity index (χ2n) is 4.54. The van der Waals surface area contributed by atoms with Gasteiger partial charge in [0.25, 0.3) is 0 Å². The lowest BCUT2D eigenvalue weighted by atomic mass is 9.83. The quantitative estimate of drug-likeness (QED) is 0.462. The van der Waals surface area contributed by atoms with Crippen LogP contribution in [0.15, 0.2) is 59.3 Å². The maximum absolute atomic E-state index is 3.70. The van der Waals surface area contributed by atoms with Crippen molar-refractivity contribution in [2.75, 3.05) is 0 Å². The first-order chi connectivity index (χ1) is 10.6. The van der Waals surface area contributed by atoms with Crippen LogP contribution in [0.4, 0.5) is 0 Å². The van der Waals surface area contributed by atoms with Crippen molar-refractivity contribution in [1.82, 2.24) is 0 Å². The minimum Gasteiger partial charge on any atom is -0.0991 e. The Labute approximate surface area is 141 Å². The molecule has 128 valence electrons. The Morgan fingerprint density at radius 1 is 1.09 bits per heavy atom. The molecule has 0 aromatic heterocycles. The van der Waals surface area contributed by atoms with E-state index < -0.39 is 0 Å². The van der Waals surface area contributed by atoms with Gasteiger partial charge in [-0.15, -0.1) is 0 Å². The minimum atomic E-state index is 0.636. The highest BCUT2D eigenvalue weighted by molar-refractivity contribution is 5.46. The predicted octanol–water partition coefficient (Wildman–Crippen LogP) is 8.06. The van der Waals surface area contributed by atoms with E-state index in [9.17, 15) is 0 Å². The number of allylic oxidation sites excluding steroid dienone is 9. The van der Waals surface area contributed by atoms with Crippen molar-refractivity contribution in [3.05, 3.63) is 59.3 Å². The van der Waals surface area contributed by atoms with Gasteiger partial charge < -0.3 is 0 Å². The molecule has 0 aliphatic heterocycles. The van der Waals surface area contributed by atoms with Gasteiger partial charge in [-0.25, -0.2) is 0 Å². The van der Waals surface area contributed by atoms with Crippen LogP contribution in [-0.2, 0) is 0 Å². The molecule has 0 N–H and O–H groups in total. The Hall–Kier alpha value is -1.30. The highest BCUT2D eigenvalue weighted by atomic mass is 14.2. The summed E-state index contributed by atoms with van der Waals surface area (Å²) in [6.07, 6.45) is 11.6. The van der Waals surface area contributed by atoms with Crippen molar-refractivity contribution >= 4 is 0 Å². The van der Waals surface area contributed by atoms with Gasteiger partial charge in [-0.1, -0.05) is 85.4 Å². The van der Waals surface area contributed by atoms with Gasteiger partial charge in [-0.3, -0.25) is 0 Å². The molecule has 1 aliphatic carbocycles. The molecular weight excluding hydrogens is 264 g/mol. The fourth-order valence-corrected chi connectivity index (χ4v) is 2.26. The van der Waals surface area contributed by atoms with Crippen LogP contribution >= 0.6 is 0 Å². The summed E-state index contributed by atoms with van der Waals surface area (Å²) in [6.45, 7) is 24.6. The van der Waals surface area contributed by atoms with Crippen molar-refractivity contribution < 1.29 is 0 Å². The standard InChI is InChI=1S/C16H22.3C2H6/c1-6-7-9-12(2)15(5)16-13(3)10-8-11-14(16)4;3*1-2/h6-10,14H,1,11H2,2-5H3;3*1-2H3/b9-7-,15-12+;;;. The summed E-state index contributed by atoms with van der Waals surface area (Å²) in [5, 5.41) is 0. The van der Waals surface area contributed by atoms with E-state index in [1.54, 1.807) is 0 Å². The van der Waals surface area contributed by atoms with Crippen molar-refractivity contribution in [3.8, 4) is 0 Å². The summed E-state index contributed by atoms with van der Waals surface area (Å²) >= 11 is 0. The first-order valence-corrected chi connectivity index (χ1v) is 8.92. The third-order valence-corrected chi connectivity index (χ3v) is 3.25. The van der Waals surface area contributed by atoms with Crippen LogP contribution in [0.2, 0.25) is 0 Å². The fourth-order valence-electron chi connectivity index (χ4n) is 2.26. The fraction of sp³-hybridized carbons (Fsp3) is 0.545. The third-order valence-electron chi connectivity index (χ3n) is 3.25. The van der Waals surface area contributed by atoms with E-state index in [1.807, 2.05) is 53.7 Å². The summed E-state index contributed by atoms with van der Waals surface area (Å²) in [4.78, 5) is 0. The smallest absolute Gasteiger partial charge is 0.0150 e. The SMILES string of the molecule is C=C/C=C\C(C)=C(/C)C1=C(C)C=CCC1C.CC.CC.CC. The molecule has 22 heavy (non-hydrogen) atoms. The highest BCUT2D eigenvalue weighted by Crippen LogP contribution is 2.32. The largest absolute Gasteiger partial charge is 0.0991 e. The van der Waals surface area contributed by atoms with Crippen molar-refractivity contribution in [2.24, 2.45) is 5.92 Å². The lowest BCUT2D eigenvalue weighted by Crippen LogP contribution is -2.06. The van der Waals surface area contributed by atoms with Gasteiger partial charge in [-0.2, -0.15) is 0 Å². The topological polar surface area (TPSA) is 0 Å². The van der Waals surface area contributed by atoms with Crippen LogP contribution in [0.3, 0.4) is 0 Å². The molecule has 0 bridgehead atoms. The molecule has 1 unspecified atom stereocenters. The van der Waals surface area contributed by atoms with E-state index >= 15 is 0 Å². The number of hydrogen-bond acceptors (Lipinski definition) is 0. The van der Waals surface area contributed by atoms with Crippen LogP contribution in [-0.4, -0.2) is 0 Å². The number of rotatable bonds is 3. The summed E-state index contributed by atoms with van der Waals surface area (Å²) in [5.41, 5.74) is 5.65. The zero-order valence-corrected chi connectivity index (χ0v) is 16.9. The molecule has 0 saturated carbocycles. The molecule has 0 aromatic rings. The Kier molecular flexibility index (Phi) is 20.7. The first-order valence-electron chi connectivity index (χ1n) is 8.92. The molecule has 0 radical (unpaired) electrons. The molecule has 0 saturated heterocycles. The van der Waals surface area contributed by atoms with Gasteiger partial charge in [0.05, 0.1) is 0 Å². The predicted molar refractivity (Wildman–Crippen MR) is 107 cm³/mol. The normalized spacial score (nSPS) is 17.3. The molecule has 0 nitrogen and oxygen atoms in total. The van der Waals surface area contributed by atoms with Gasteiger partial charge in [0.2, 0.25) is 0 Å². The maximum Gasteiger partial charge on any atom is -0.0150 e. The molecule has 0 aromatic carbocycles. The van der Waals surface area contributed by atoms with Gasteiger partial charge >= 0.3 is 0 Å². The average molecular weight is 305 g/mol. The Morgan fingerprint density at radius 2 is 1.59 bits per heavy atom. The first kappa shape index (κ1) is 25.6. The molecule has 0 amide bonds. The molecule has 0 fully saturated rings. The van der Waals surface area contributed by atoms with Crippen molar-refractivity contribution in [3.63, 3.8) is 0 Å². The molecule has 0 spiro atoms. The second-order valence-corrected chi connectivity index (χ2v) is 4.54. The average Bonchev–Trinajstić information content (AvgIpc) is 2.57. The zero-order chi connectivity index (χ0) is 18.1. The van der Waals surface area contributed by atoms with Crippen molar-refractivity contribution in [2.45, 2.75) is 75.7 Å². The van der Waals surface area contributed by atoms with Crippen LogP contribution in [0.25, 0.3) is 0 Å². The lowest BCUT2D eigenvalue weighted by Gasteiger charge is -2.22. The lowest BCUT2D eigenvalue weighted by molar-refractivity contribution is 0.684. The Morgan fingerprint density at radius 3 is 2.00 bits per heavy atom. The highest BCUT2D eigenvalue weighted by Gasteiger charge is 2.15. The van der Waals surface area contributed by atoms with E-state index in [0.717, 1.165) is 6.42 Å². The van der Waals surface area contributed by atoms with Crippen LogP contribution in [0.5, 0.6) is 0 Å². The summed E-state index contributed by atoms with van der Waals surface area (Å²) in [7, 11) is 0. The van der Waals surface area contributed by atoms with Gasteiger partial charge in [0.15, 0.2) is 0 Å². The zero-order valence-electron chi connectivity index (χ0n) is 16.9. The van der Waals surface area contributed by atoms with Crippen LogP contribution < -0.4 is 0 Å². The summed E-state index contributed by atoms with van der Waals surface area (Å²) in [6, 6.07) is 0. The third kappa shape index (κ3) is 9.60. The van der Waals surface area contributed by atoms with Gasteiger partial charge in [0.1, 0.15) is 0 Å². The van der Waals surface area contributed by atoms with Gasteiger partial charge in [-0.05, 0) is 55.4 Å². The molecule has 1 rings (SSSR count). The Bertz CT molecular complexity index is 386. The van der Waals surface area contributed by atoms with E-state index in [0.29, 0.717) is 5.92 Å². The van der Waals surface area contributed by atoms with Crippen LogP contribution in [0, 0.1) is 5.92 Å². The van der Waals surface area contributed by atoms with E-state index in [1.165, 1.54) is 22.3 Å². The monoisotopic (exact) mass is 304 g/mol. The van der Waals surface area contributed by atoms with E-state index in [2.05, 4.69) is 52.5 Å². The number of hydrogen-bond donors (Lipinski definition) is 0. The molecule has 0 heteroatoms. The minimum absolute atomic E-state index is 0.636. The molecule has 1 atom stereocenters. The Balaban J connectivity index is -0.000000535. The van der Waals surface area contributed by atoms with Crippen LogP contribution in [0.1, 0.15) is 75.7 Å². The summed E-state index contributed by atoms with van der Waals surface area (Å²) < 4.78 is 0. The molecule has 1 aliphatic rings. The maximum atomic E-state index is 3.70. The second kappa shape index (κ2) is 17.8. The van der Waals surface area contributed by atoms with E-state index in [-0.39, 0.29) is 0 Å².